The summed E-state index contributed by atoms with van der Waals surface area (Å²) in [7, 11) is -10.4. The first-order valence-corrected chi connectivity index (χ1v) is 6.77. The summed E-state index contributed by atoms with van der Waals surface area (Å²) in [6.07, 6.45) is -0.135. The Kier molecular flexibility index (Phi) is 3.46. The van der Waals surface area contributed by atoms with Crippen LogP contribution in [0.1, 0.15) is 0 Å². The Balaban J connectivity index is 5.40. The lowest BCUT2D eigenvalue weighted by Crippen LogP contribution is -2.51. The SMILES string of the molecule is CS(=O)(=O)C(F)(F)C(F)(F)CS(N)(=O)=O. The van der Waals surface area contributed by atoms with E-state index in [4.69, 9.17) is 0 Å². The highest BCUT2D eigenvalue weighted by atomic mass is 32.2. The second-order valence-electron chi connectivity index (χ2n) is 2.80. The number of rotatable bonds is 4. The summed E-state index contributed by atoms with van der Waals surface area (Å²) < 4.78 is 91.4. The molecule has 0 saturated carbocycles. The smallest absolute Gasteiger partial charge is 0.229 e. The van der Waals surface area contributed by atoms with E-state index in [1.54, 1.807) is 0 Å². The topological polar surface area (TPSA) is 94.3 Å². The fraction of sp³-hybridized carbons (Fsp3) is 1.00. The van der Waals surface area contributed by atoms with E-state index in [2.05, 4.69) is 5.14 Å². The Morgan fingerprint density at radius 3 is 1.60 bits per heavy atom. The normalized spacial score (nSPS) is 15.3. The summed E-state index contributed by atoms with van der Waals surface area (Å²) in [4.78, 5) is 0. The van der Waals surface area contributed by atoms with Crippen molar-refractivity contribution in [3.63, 3.8) is 0 Å². The summed E-state index contributed by atoms with van der Waals surface area (Å²) in [6.45, 7) is 0. The molecule has 0 rings (SSSR count). The van der Waals surface area contributed by atoms with Crippen LogP contribution in [-0.2, 0) is 19.9 Å². The van der Waals surface area contributed by atoms with Gasteiger partial charge in [0.1, 0.15) is 5.75 Å². The van der Waals surface area contributed by atoms with Crippen LogP contribution in [0.5, 0.6) is 0 Å². The van der Waals surface area contributed by atoms with E-state index in [0.29, 0.717) is 0 Å². The zero-order valence-corrected chi connectivity index (χ0v) is 8.88. The minimum absolute atomic E-state index is 0.135. The second-order valence-corrected chi connectivity index (χ2v) is 6.47. The van der Waals surface area contributed by atoms with Crippen molar-refractivity contribution in [2.75, 3.05) is 12.0 Å². The molecule has 0 saturated heterocycles. The van der Waals surface area contributed by atoms with Crippen molar-refractivity contribution in [2.24, 2.45) is 5.14 Å². The Morgan fingerprint density at radius 1 is 1.07 bits per heavy atom. The summed E-state index contributed by atoms with van der Waals surface area (Å²) >= 11 is 0. The number of alkyl halides is 4. The molecular formula is C4H7F4NO4S2. The van der Waals surface area contributed by atoms with E-state index in [-0.39, 0.29) is 6.26 Å². The fourth-order valence-electron chi connectivity index (χ4n) is 0.608. The minimum atomic E-state index is -5.48. The van der Waals surface area contributed by atoms with Gasteiger partial charge < -0.3 is 0 Å². The number of halogens is 4. The van der Waals surface area contributed by atoms with Crippen molar-refractivity contribution in [1.82, 2.24) is 0 Å². The molecule has 0 aromatic rings. The van der Waals surface area contributed by atoms with Gasteiger partial charge >= 0.3 is 11.2 Å². The van der Waals surface area contributed by atoms with Crippen molar-refractivity contribution in [1.29, 1.82) is 0 Å². The Bertz CT molecular complexity index is 439. The van der Waals surface area contributed by atoms with Crippen molar-refractivity contribution < 1.29 is 34.4 Å². The van der Waals surface area contributed by atoms with Gasteiger partial charge in [0.05, 0.1) is 0 Å². The van der Waals surface area contributed by atoms with Crippen LogP contribution in [0.25, 0.3) is 0 Å². The standard InChI is InChI=1S/C4H7F4NO4S2/c1-14(10,11)4(7,8)3(5,6)2-15(9,12)13/h2H2,1H3,(H2,9,12,13). The van der Waals surface area contributed by atoms with Gasteiger partial charge in [0.15, 0.2) is 0 Å². The molecule has 0 aliphatic carbocycles. The van der Waals surface area contributed by atoms with Gasteiger partial charge in [0.2, 0.25) is 19.9 Å². The van der Waals surface area contributed by atoms with Gasteiger partial charge in [-0.15, -0.1) is 0 Å². The largest absolute Gasteiger partial charge is 0.407 e. The number of primary sulfonamides is 1. The summed E-state index contributed by atoms with van der Waals surface area (Å²) in [5.74, 6) is -7.71. The number of sulfonamides is 1. The van der Waals surface area contributed by atoms with Crippen LogP contribution in [0, 0.1) is 0 Å². The van der Waals surface area contributed by atoms with E-state index in [0.717, 1.165) is 0 Å². The summed E-state index contributed by atoms with van der Waals surface area (Å²) in [5, 5.41) is -1.35. The Morgan fingerprint density at radius 2 is 1.40 bits per heavy atom. The average molecular weight is 273 g/mol. The Labute approximate surface area is 83.2 Å². The maximum atomic E-state index is 12.6. The third kappa shape index (κ3) is 3.28. The molecule has 0 heterocycles. The van der Waals surface area contributed by atoms with Crippen molar-refractivity contribution in [3.8, 4) is 0 Å². The number of hydrogen-bond donors (Lipinski definition) is 1. The van der Waals surface area contributed by atoms with Crippen LogP contribution in [0.15, 0.2) is 0 Å². The van der Waals surface area contributed by atoms with Crippen LogP contribution in [0.2, 0.25) is 0 Å². The zero-order chi connectivity index (χ0) is 12.7. The molecule has 0 aliphatic heterocycles. The zero-order valence-electron chi connectivity index (χ0n) is 7.25. The second kappa shape index (κ2) is 3.56. The van der Waals surface area contributed by atoms with Gasteiger partial charge in [0, 0.05) is 6.26 Å². The molecule has 2 N–H and O–H groups in total. The van der Waals surface area contributed by atoms with Crippen LogP contribution in [0.3, 0.4) is 0 Å². The monoisotopic (exact) mass is 273 g/mol. The molecule has 0 amide bonds. The quantitative estimate of drug-likeness (QED) is 0.702. The van der Waals surface area contributed by atoms with Gasteiger partial charge in [-0.3, -0.25) is 0 Å². The molecule has 15 heavy (non-hydrogen) atoms. The number of sulfone groups is 1. The van der Waals surface area contributed by atoms with Gasteiger partial charge in [-0.05, 0) is 0 Å². The first-order chi connectivity index (χ1) is 6.21. The van der Waals surface area contributed by atoms with Crippen LogP contribution in [-0.4, -0.2) is 40.0 Å². The highest BCUT2D eigenvalue weighted by Gasteiger charge is 2.65. The lowest BCUT2D eigenvalue weighted by molar-refractivity contribution is -0.140. The molecule has 0 unspecified atom stereocenters. The first kappa shape index (κ1) is 14.6. The minimum Gasteiger partial charge on any atom is -0.229 e. The van der Waals surface area contributed by atoms with Gasteiger partial charge in [-0.2, -0.15) is 17.6 Å². The number of nitrogens with two attached hydrogens (primary N) is 1. The molecule has 0 aliphatic rings. The number of hydrogen-bond acceptors (Lipinski definition) is 4. The molecule has 92 valence electrons. The summed E-state index contributed by atoms with van der Waals surface area (Å²) in [5.41, 5.74) is 0. The average Bonchev–Trinajstić information content (AvgIpc) is 1.77. The third-order valence-electron chi connectivity index (χ3n) is 1.27. The highest BCUT2D eigenvalue weighted by Crippen LogP contribution is 2.38. The molecule has 0 fully saturated rings. The predicted octanol–water partition coefficient (Wildman–Crippen LogP) is -0.452. The molecule has 0 radical (unpaired) electrons. The highest BCUT2D eigenvalue weighted by molar-refractivity contribution is 7.92. The van der Waals surface area contributed by atoms with Crippen molar-refractivity contribution in [2.45, 2.75) is 11.2 Å². The molecule has 11 heteroatoms. The third-order valence-corrected chi connectivity index (χ3v) is 3.27. The summed E-state index contributed by atoms with van der Waals surface area (Å²) in [6, 6.07) is 0. The molecule has 0 spiro atoms. The maximum Gasteiger partial charge on any atom is 0.407 e. The molecule has 0 aromatic carbocycles. The maximum absolute atomic E-state index is 12.6. The van der Waals surface area contributed by atoms with E-state index in [1.165, 1.54) is 0 Å². The molecular weight excluding hydrogens is 266 g/mol. The van der Waals surface area contributed by atoms with Crippen molar-refractivity contribution >= 4 is 19.9 Å². The van der Waals surface area contributed by atoms with Crippen molar-refractivity contribution in [3.05, 3.63) is 0 Å². The lowest BCUT2D eigenvalue weighted by atomic mass is 10.4. The fourth-order valence-corrected chi connectivity index (χ4v) is 2.00. The van der Waals surface area contributed by atoms with E-state index < -0.39 is 36.8 Å². The molecule has 5 nitrogen and oxygen atoms in total. The van der Waals surface area contributed by atoms with E-state index in [1.807, 2.05) is 0 Å². The van der Waals surface area contributed by atoms with Crippen LogP contribution in [0.4, 0.5) is 17.6 Å². The van der Waals surface area contributed by atoms with Gasteiger partial charge in [0.25, 0.3) is 0 Å². The van der Waals surface area contributed by atoms with Gasteiger partial charge in [-0.25, -0.2) is 22.0 Å². The van der Waals surface area contributed by atoms with Gasteiger partial charge in [-0.1, -0.05) is 0 Å². The molecule has 0 atom stereocenters. The van der Waals surface area contributed by atoms with E-state index >= 15 is 0 Å². The van der Waals surface area contributed by atoms with Crippen LogP contribution < -0.4 is 5.14 Å². The predicted molar refractivity (Wildman–Crippen MR) is 42.7 cm³/mol. The Hall–Kier alpha value is -0.420. The lowest BCUT2D eigenvalue weighted by Gasteiger charge is -2.23. The first-order valence-electron chi connectivity index (χ1n) is 3.16. The van der Waals surface area contributed by atoms with E-state index in [9.17, 15) is 34.4 Å². The molecule has 0 bridgehead atoms. The van der Waals surface area contributed by atoms with Crippen LogP contribution >= 0.6 is 0 Å². The molecule has 0 aromatic heterocycles.